The van der Waals surface area contributed by atoms with Crippen molar-refractivity contribution in [3.05, 3.63) is 62.0 Å². The van der Waals surface area contributed by atoms with Crippen molar-refractivity contribution >= 4 is 40.7 Å². The minimum Gasteiger partial charge on any atom is -0.481 e. The Bertz CT molecular complexity index is 1170. The average molecular weight is 442 g/mol. The lowest BCUT2D eigenvalue weighted by Crippen LogP contribution is -2.32. The molecule has 9 heteroatoms. The quantitative estimate of drug-likeness (QED) is 0.424. The minimum atomic E-state index is -0.813. The van der Waals surface area contributed by atoms with Gasteiger partial charge in [-0.05, 0) is 37.5 Å². The van der Waals surface area contributed by atoms with Crippen LogP contribution in [0.4, 0.5) is 5.69 Å². The molecule has 2 rings (SSSR count). The minimum absolute atomic E-state index is 0.0292. The number of benzene rings is 1. The predicted octanol–water partition coefficient (Wildman–Crippen LogP) is 1.59. The summed E-state index contributed by atoms with van der Waals surface area (Å²) < 4.78 is 6.88. The van der Waals surface area contributed by atoms with Crippen LogP contribution in [0.15, 0.2) is 41.7 Å². The second-order valence-electron chi connectivity index (χ2n) is 6.43. The van der Waals surface area contributed by atoms with Gasteiger partial charge >= 0.3 is 11.9 Å². The molecule has 0 aliphatic carbocycles. The van der Waals surface area contributed by atoms with Gasteiger partial charge in [-0.1, -0.05) is 24.8 Å². The molecule has 0 aliphatic heterocycles. The third-order valence-corrected chi connectivity index (χ3v) is 5.40. The molecule has 1 aromatic heterocycles. The Labute approximate surface area is 183 Å². The number of carbonyl (C=O) groups is 2. The lowest BCUT2D eigenvalue weighted by molar-refractivity contribution is -0.137. The molecule has 2 N–H and O–H groups in total. The second kappa shape index (κ2) is 11.5. The van der Waals surface area contributed by atoms with E-state index in [-0.39, 0.29) is 28.8 Å². The van der Waals surface area contributed by atoms with Crippen LogP contribution in [0.3, 0.4) is 0 Å². The number of carbonyl (C=O) groups excluding carboxylic acids is 1. The maximum atomic E-state index is 12.7. The van der Waals surface area contributed by atoms with Crippen LogP contribution in [0.1, 0.15) is 25.3 Å². The number of hydrogen-bond donors (Lipinski definition) is 2. The van der Waals surface area contributed by atoms with Crippen molar-refractivity contribution in [1.29, 1.82) is 5.26 Å². The fraction of sp³-hybridized carbons (Fsp3) is 0.273. The van der Waals surface area contributed by atoms with Crippen molar-refractivity contribution in [2.24, 2.45) is 0 Å². The summed E-state index contributed by atoms with van der Waals surface area (Å²) in [5.74, 6) is -1.62. The Morgan fingerprint density at radius 1 is 1.35 bits per heavy atom. The number of nitriles is 1. The smallest absolute Gasteiger partial charge is 0.352 e. The third kappa shape index (κ3) is 6.42. The molecule has 1 heterocycles. The summed E-state index contributed by atoms with van der Waals surface area (Å²) in [6.07, 6.45) is 4.29. The Kier molecular flexibility index (Phi) is 8.78. The molecule has 0 saturated heterocycles. The van der Waals surface area contributed by atoms with Gasteiger partial charge in [-0.15, -0.1) is 11.3 Å². The number of rotatable bonds is 10. The molecule has 31 heavy (non-hydrogen) atoms. The Morgan fingerprint density at radius 2 is 2.06 bits per heavy atom. The molecular formula is C22H23N3O5S. The summed E-state index contributed by atoms with van der Waals surface area (Å²) in [6, 6.07) is 9.27. The molecule has 0 saturated carbocycles. The van der Waals surface area contributed by atoms with Gasteiger partial charge in [0.15, 0.2) is 5.57 Å². The molecule has 0 atom stereocenters. The molecule has 0 radical (unpaired) electrons. The van der Waals surface area contributed by atoms with Crippen LogP contribution in [-0.4, -0.2) is 28.2 Å². The average Bonchev–Trinajstić information content (AvgIpc) is 3.07. The van der Waals surface area contributed by atoms with E-state index in [1.54, 1.807) is 6.92 Å². The number of anilines is 1. The number of aliphatic carboxylic acids is 1. The fourth-order valence-electron chi connectivity index (χ4n) is 2.74. The molecule has 162 valence electrons. The van der Waals surface area contributed by atoms with E-state index >= 15 is 0 Å². The lowest BCUT2D eigenvalue weighted by atomic mass is 10.1. The number of ether oxygens (including phenoxy) is 1. The largest absolute Gasteiger partial charge is 0.481 e. The number of carboxylic acids is 1. The van der Waals surface area contributed by atoms with Crippen molar-refractivity contribution < 1.29 is 19.4 Å². The van der Waals surface area contributed by atoms with Gasteiger partial charge in [0.25, 0.3) is 5.56 Å². The first kappa shape index (κ1) is 23.6. The van der Waals surface area contributed by atoms with Crippen LogP contribution in [0.2, 0.25) is 0 Å². The van der Waals surface area contributed by atoms with E-state index in [4.69, 9.17) is 9.84 Å². The van der Waals surface area contributed by atoms with Crippen LogP contribution >= 0.6 is 11.3 Å². The predicted molar refractivity (Wildman–Crippen MR) is 119 cm³/mol. The molecule has 2 aromatic rings. The number of esters is 1. The topological polar surface area (TPSA) is 121 Å². The van der Waals surface area contributed by atoms with Gasteiger partial charge in [0.05, 0.1) is 0 Å². The number of nitrogens with one attached hydrogen (secondary N) is 1. The third-order valence-electron chi connectivity index (χ3n) is 4.27. The van der Waals surface area contributed by atoms with Crippen LogP contribution in [0.25, 0.3) is 11.8 Å². The molecule has 0 unspecified atom stereocenters. The van der Waals surface area contributed by atoms with Crippen molar-refractivity contribution in [3.63, 3.8) is 0 Å². The van der Waals surface area contributed by atoms with Gasteiger partial charge < -0.3 is 15.2 Å². The first-order valence-corrected chi connectivity index (χ1v) is 10.4. The van der Waals surface area contributed by atoms with Crippen molar-refractivity contribution in [2.45, 2.75) is 32.7 Å². The molecule has 0 aliphatic rings. The zero-order valence-corrected chi connectivity index (χ0v) is 17.9. The number of aromatic nitrogens is 1. The van der Waals surface area contributed by atoms with Crippen LogP contribution in [0.5, 0.6) is 0 Å². The van der Waals surface area contributed by atoms with Gasteiger partial charge in [0.2, 0.25) is 0 Å². The highest BCUT2D eigenvalue weighted by molar-refractivity contribution is 7.07. The SMILES string of the molecule is C=CCOC(=O)/C(C#N)=c1\s/c(=C/Nc2ccc(CCCC(=O)O)cc2)c(=O)n1CC. The number of carboxylic acid groups (broad SMARTS) is 1. The summed E-state index contributed by atoms with van der Waals surface area (Å²) in [6.45, 7) is 5.48. The number of nitrogens with zero attached hydrogens (tertiary/aromatic N) is 2. The Morgan fingerprint density at radius 3 is 2.65 bits per heavy atom. The van der Waals surface area contributed by atoms with Crippen molar-refractivity contribution in [3.8, 4) is 6.07 Å². The van der Waals surface area contributed by atoms with Crippen molar-refractivity contribution in [1.82, 2.24) is 4.57 Å². The number of aryl methyl sites for hydroxylation is 1. The van der Waals surface area contributed by atoms with Crippen LogP contribution < -0.4 is 20.1 Å². The maximum Gasteiger partial charge on any atom is 0.352 e. The van der Waals surface area contributed by atoms with Gasteiger partial charge in [-0.25, -0.2) is 4.79 Å². The van der Waals surface area contributed by atoms with Gasteiger partial charge in [0, 0.05) is 24.9 Å². The normalized spacial score (nSPS) is 12.1. The highest BCUT2D eigenvalue weighted by atomic mass is 32.1. The highest BCUT2D eigenvalue weighted by Crippen LogP contribution is 2.11. The molecule has 8 nitrogen and oxygen atoms in total. The molecule has 1 aromatic carbocycles. The van der Waals surface area contributed by atoms with E-state index in [2.05, 4.69) is 11.9 Å². The molecule has 0 spiro atoms. The molecule has 0 bridgehead atoms. The lowest BCUT2D eigenvalue weighted by Gasteiger charge is -2.03. The van der Waals surface area contributed by atoms with Gasteiger partial charge in [0.1, 0.15) is 21.9 Å². The van der Waals surface area contributed by atoms with Crippen molar-refractivity contribution in [2.75, 3.05) is 11.9 Å². The first-order chi connectivity index (χ1) is 14.9. The number of hydrogen-bond acceptors (Lipinski definition) is 7. The summed E-state index contributed by atoms with van der Waals surface area (Å²) in [4.78, 5) is 35.4. The second-order valence-corrected chi connectivity index (χ2v) is 7.46. The standard InChI is InChI=1S/C22H23N3O5S/c1-3-12-30-22(29)17(13-23)21-25(4-2)20(28)18(31-21)14-24-16-10-8-15(9-11-16)6-5-7-19(26)27/h3,8-11,14,24H,1,4-7,12H2,2H3,(H,26,27)/b18-14+,21-17-. The summed E-state index contributed by atoms with van der Waals surface area (Å²) in [5, 5.41) is 21.2. The summed E-state index contributed by atoms with van der Waals surface area (Å²) >= 11 is 1.03. The van der Waals surface area contributed by atoms with E-state index in [0.717, 1.165) is 22.6 Å². The summed E-state index contributed by atoms with van der Waals surface area (Å²) in [5.41, 5.74) is 1.22. The number of thiazole rings is 1. The monoisotopic (exact) mass is 441 g/mol. The first-order valence-electron chi connectivity index (χ1n) is 9.60. The summed E-state index contributed by atoms with van der Waals surface area (Å²) in [7, 11) is 0. The van der Waals surface area contributed by atoms with E-state index in [9.17, 15) is 19.6 Å². The van der Waals surface area contributed by atoms with Crippen LogP contribution in [0, 0.1) is 11.3 Å². The van der Waals surface area contributed by atoms with E-state index in [1.165, 1.54) is 16.8 Å². The fourth-order valence-corrected chi connectivity index (χ4v) is 3.82. The van der Waals surface area contributed by atoms with Crippen LogP contribution in [-0.2, 0) is 27.3 Å². The maximum absolute atomic E-state index is 12.7. The van der Waals surface area contributed by atoms with Gasteiger partial charge in [-0.3, -0.25) is 14.2 Å². The van der Waals surface area contributed by atoms with Gasteiger partial charge in [-0.2, -0.15) is 5.26 Å². The van der Waals surface area contributed by atoms with E-state index < -0.39 is 11.9 Å². The zero-order valence-electron chi connectivity index (χ0n) is 17.1. The Hall–Kier alpha value is -3.64. The molecule has 0 fully saturated rings. The Balaban J connectivity index is 2.29. The highest BCUT2D eigenvalue weighted by Gasteiger charge is 2.16. The molecule has 0 amide bonds. The molecular weight excluding hydrogens is 418 g/mol. The zero-order chi connectivity index (χ0) is 22.8. The van der Waals surface area contributed by atoms with E-state index in [0.29, 0.717) is 23.9 Å². The van der Waals surface area contributed by atoms with E-state index in [1.807, 2.05) is 30.3 Å².